The zero-order chi connectivity index (χ0) is 24.4. The second kappa shape index (κ2) is 9.71. The molecule has 0 bridgehead atoms. The minimum absolute atomic E-state index is 0.134. The van der Waals surface area contributed by atoms with E-state index in [1.54, 1.807) is 11.7 Å². The van der Waals surface area contributed by atoms with E-state index in [0.29, 0.717) is 36.6 Å². The number of nitrogens with one attached hydrogen (secondary N) is 1. The molecule has 0 fully saturated rings. The zero-order valence-electron chi connectivity index (χ0n) is 20.3. The highest BCUT2D eigenvalue weighted by molar-refractivity contribution is 5.67. The first-order valence-electron chi connectivity index (χ1n) is 11.7. The van der Waals surface area contributed by atoms with E-state index in [1.807, 2.05) is 63.2 Å². The van der Waals surface area contributed by atoms with E-state index in [-0.39, 0.29) is 17.6 Å². The summed E-state index contributed by atoms with van der Waals surface area (Å²) < 4.78 is 12.7. The van der Waals surface area contributed by atoms with Crippen LogP contribution in [0.15, 0.2) is 47.3 Å². The zero-order valence-corrected chi connectivity index (χ0v) is 20.3. The molecular formula is C27H31N3O4. The Morgan fingerprint density at radius 1 is 1.21 bits per heavy atom. The molecule has 1 aliphatic carbocycles. The molecule has 1 aliphatic rings. The van der Waals surface area contributed by atoms with Gasteiger partial charge < -0.3 is 14.8 Å². The minimum atomic E-state index is -0.391. The van der Waals surface area contributed by atoms with Crippen LogP contribution in [0.25, 0.3) is 11.4 Å². The van der Waals surface area contributed by atoms with E-state index in [4.69, 9.17) is 14.5 Å². The second-order valence-corrected chi connectivity index (χ2v) is 8.51. The summed E-state index contributed by atoms with van der Waals surface area (Å²) in [5.74, 6) is 1.06. The number of ether oxygens (including phenoxy) is 2. The Bertz CT molecular complexity index is 1280. The molecule has 4 rings (SSSR count). The number of rotatable bonds is 7. The SMILES string of the molecule is CCc1nc(-c2ccc(OC)cc2C)n(CC)c(=O)c1NC1c2ccccc2CC1OC(C)=O. The number of anilines is 1. The Labute approximate surface area is 199 Å². The maximum atomic E-state index is 13.8. The molecule has 0 saturated heterocycles. The molecule has 1 heterocycles. The molecule has 178 valence electrons. The number of hydrogen-bond donors (Lipinski definition) is 1. The molecular weight excluding hydrogens is 430 g/mol. The van der Waals surface area contributed by atoms with Gasteiger partial charge in [-0.2, -0.15) is 0 Å². The Balaban J connectivity index is 1.81. The van der Waals surface area contributed by atoms with Gasteiger partial charge in [-0.1, -0.05) is 31.2 Å². The van der Waals surface area contributed by atoms with Crippen molar-refractivity contribution in [2.45, 2.75) is 59.2 Å². The third-order valence-corrected chi connectivity index (χ3v) is 6.37. The third-order valence-electron chi connectivity index (χ3n) is 6.37. The van der Waals surface area contributed by atoms with E-state index in [1.165, 1.54) is 6.92 Å². The van der Waals surface area contributed by atoms with Crippen LogP contribution in [0.4, 0.5) is 5.69 Å². The summed E-state index contributed by atoms with van der Waals surface area (Å²) in [7, 11) is 1.63. The van der Waals surface area contributed by atoms with Gasteiger partial charge in [0.15, 0.2) is 0 Å². The van der Waals surface area contributed by atoms with Crippen LogP contribution in [0.3, 0.4) is 0 Å². The van der Waals surface area contributed by atoms with Gasteiger partial charge in [-0.15, -0.1) is 0 Å². The molecule has 2 unspecified atom stereocenters. The Kier molecular flexibility index (Phi) is 6.72. The lowest BCUT2D eigenvalue weighted by Crippen LogP contribution is -2.33. The number of benzene rings is 2. The predicted molar refractivity (Wildman–Crippen MR) is 132 cm³/mol. The lowest BCUT2D eigenvalue weighted by molar-refractivity contribution is -0.146. The summed E-state index contributed by atoms with van der Waals surface area (Å²) in [6, 6.07) is 13.4. The van der Waals surface area contributed by atoms with Crippen LogP contribution in [0, 0.1) is 6.92 Å². The summed E-state index contributed by atoms with van der Waals surface area (Å²) in [5.41, 5.74) is 5.03. The van der Waals surface area contributed by atoms with Crippen LogP contribution < -0.4 is 15.6 Å². The molecule has 0 radical (unpaired) electrons. The molecule has 7 heteroatoms. The number of nitrogens with zero attached hydrogens (tertiary/aromatic N) is 2. The molecule has 1 N–H and O–H groups in total. The summed E-state index contributed by atoms with van der Waals surface area (Å²) >= 11 is 0. The van der Waals surface area contributed by atoms with Gasteiger partial charge in [0.2, 0.25) is 0 Å². The smallest absolute Gasteiger partial charge is 0.302 e. The molecule has 0 spiro atoms. The highest BCUT2D eigenvalue weighted by Gasteiger charge is 2.36. The van der Waals surface area contributed by atoms with Crippen LogP contribution in [0.1, 0.15) is 49.2 Å². The van der Waals surface area contributed by atoms with E-state index in [9.17, 15) is 9.59 Å². The molecule has 0 amide bonds. The van der Waals surface area contributed by atoms with Gasteiger partial charge in [0.25, 0.3) is 5.56 Å². The Morgan fingerprint density at radius 2 is 1.97 bits per heavy atom. The molecule has 0 aliphatic heterocycles. The van der Waals surface area contributed by atoms with Gasteiger partial charge in [0.1, 0.15) is 23.4 Å². The molecule has 34 heavy (non-hydrogen) atoms. The van der Waals surface area contributed by atoms with Gasteiger partial charge in [0.05, 0.1) is 18.8 Å². The van der Waals surface area contributed by atoms with E-state index in [0.717, 1.165) is 28.0 Å². The fourth-order valence-corrected chi connectivity index (χ4v) is 4.72. The van der Waals surface area contributed by atoms with Gasteiger partial charge in [0, 0.05) is 25.5 Å². The molecule has 7 nitrogen and oxygen atoms in total. The van der Waals surface area contributed by atoms with Crippen LogP contribution in [0.2, 0.25) is 0 Å². The topological polar surface area (TPSA) is 82.5 Å². The van der Waals surface area contributed by atoms with Crippen molar-refractivity contribution in [3.8, 4) is 17.1 Å². The number of fused-ring (bicyclic) bond motifs is 1. The highest BCUT2D eigenvalue weighted by atomic mass is 16.5. The summed E-state index contributed by atoms with van der Waals surface area (Å²) in [6.45, 7) is 7.80. The van der Waals surface area contributed by atoms with Crippen molar-refractivity contribution in [1.29, 1.82) is 0 Å². The van der Waals surface area contributed by atoms with E-state index < -0.39 is 6.10 Å². The largest absolute Gasteiger partial charge is 0.497 e. The average Bonchev–Trinajstić information content (AvgIpc) is 3.16. The Hall–Kier alpha value is -3.61. The van der Waals surface area contributed by atoms with Crippen LogP contribution >= 0.6 is 0 Å². The third kappa shape index (κ3) is 4.30. The quantitative estimate of drug-likeness (QED) is 0.524. The van der Waals surface area contributed by atoms with Crippen LogP contribution in [-0.4, -0.2) is 28.7 Å². The first kappa shape index (κ1) is 23.5. The van der Waals surface area contributed by atoms with Crippen molar-refractivity contribution in [3.05, 3.63) is 75.2 Å². The second-order valence-electron chi connectivity index (χ2n) is 8.51. The van der Waals surface area contributed by atoms with Crippen molar-refractivity contribution in [3.63, 3.8) is 0 Å². The van der Waals surface area contributed by atoms with Crippen molar-refractivity contribution >= 4 is 11.7 Å². The maximum absolute atomic E-state index is 13.8. The number of carbonyl (C=O) groups is 1. The lowest BCUT2D eigenvalue weighted by atomic mass is 10.1. The average molecular weight is 462 g/mol. The Morgan fingerprint density at radius 3 is 2.62 bits per heavy atom. The molecule has 2 aromatic carbocycles. The number of aromatic nitrogens is 2. The van der Waals surface area contributed by atoms with Crippen molar-refractivity contribution in [1.82, 2.24) is 9.55 Å². The molecule has 3 aromatic rings. The monoisotopic (exact) mass is 461 g/mol. The number of hydrogen-bond acceptors (Lipinski definition) is 6. The van der Waals surface area contributed by atoms with Gasteiger partial charge in [-0.25, -0.2) is 4.98 Å². The normalized spacial score (nSPS) is 16.7. The van der Waals surface area contributed by atoms with Crippen LogP contribution in [-0.2, 0) is 28.9 Å². The van der Waals surface area contributed by atoms with Crippen LogP contribution in [0.5, 0.6) is 5.75 Å². The first-order chi connectivity index (χ1) is 16.4. The predicted octanol–water partition coefficient (Wildman–Crippen LogP) is 4.45. The summed E-state index contributed by atoms with van der Waals surface area (Å²) in [5, 5.41) is 3.43. The van der Waals surface area contributed by atoms with Crippen molar-refractivity contribution in [2.24, 2.45) is 0 Å². The van der Waals surface area contributed by atoms with E-state index >= 15 is 0 Å². The minimum Gasteiger partial charge on any atom is -0.497 e. The first-order valence-corrected chi connectivity index (χ1v) is 11.7. The number of esters is 1. The summed E-state index contributed by atoms with van der Waals surface area (Å²) in [4.78, 5) is 30.5. The number of aryl methyl sites for hydroxylation is 2. The van der Waals surface area contributed by atoms with Gasteiger partial charge in [-0.3, -0.25) is 14.2 Å². The molecule has 2 atom stereocenters. The number of methoxy groups -OCH3 is 1. The standard InChI is InChI=1S/C27H31N3O4/c1-6-22-25(29-24-21-11-9-8-10-18(21)15-23(24)34-17(4)31)27(32)30(7-2)26(28-22)20-13-12-19(33-5)14-16(20)3/h8-14,23-24,29H,6-7,15H2,1-5H3. The van der Waals surface area contributed by atoms with Crippen molar-refractivity contribution < 1.29 is 14.3 Å². The van der Waals surface area contributed by atoms with Gasteiger partial charge in [-0.05, 0) is 55.2 Å². The maximum Gasteiger partial charge on any atom is 0.302 e. The lowest BCUT2D eigenvalue weighted by Gasteiger charge is -2.25. The van der Waals surface area contributed by atoms with Crippen molar-refractivity contribution in [2.75, 3.05) is 12.4 Å². The molecule has 0 saturated carbocycles. The van der Waals surface area contributed by atoms with Gasteiger partial charge >= 0.3 is 5.97 Å². The number of carbonyl (C=O) groups excluding carboxylic acids is 1. The molecule has 1 aromatic heterocycles. The highest BCUT2D eigenvalue weighted by Crippen LogP contribution is 2.36. The fraction of sp³-hybridized carbons (Fsp3) is 0.370. The van der Waals surface area contributed by atoms with E-state index in [2.05, 4.69) is 5.32 Å². The fourth-order valence-electron chi connectivity index (χ4n) is 4.72. The summed E-state index contributed by atoms with van der Waals surface area (Å²) in [6.07, 6.45) is 0.794.